The fraction of sp³-hybridized carbons (Fsp3) is 0.450. The highest BCUT2D eigenvalue weighted by Crippen LogP contribution is 2.28. The van der Waals surface area contributed by atoms with Gasteiger partial charge < -0.3 is 9.84 Å². The molecule has 1 heterocycles. The normalized spacial score (nSPS) is 23.1. The standard InChI is InChI=1S/C20H24O5/c1-13-7-3-4-8-15-9-5-6-10-17(15)19(25-20(13)24)18(23)12-16(22)11-14(2)21/h3-6,9-10,13,16,19,22H,7-8,11-12H2,1-2H3/b4-3-/t13-,16+,19-/m1/s1. The summed E-state index contributed by atoms with van der Waals surface area (Å²) in [5.41, 5.74) is 1.54. The lowest BCUT2D eigenvalue weighted by Gasteiger charge is -2.23. The number of allylic oxidation sites excluding steroid dienone is 2. The molecule has 0 saturated carbocycles. The lowest BCUT2D eigenvalue weighted by molar-refractivity contribution is -0.160. The van der Waals surface area contributed by atoms with Gasteiger partial charge in [0.2, 0.25) is 0 Å². The average Bonchev–Trinajstić information content (AvgIpc) is 2.55. The molecule has 0 bridgehead atoms. The number of aliphatic hydroxyl groups excluding tert-OH is 1. The molecule has 134 valence electrons. The Labute approximate surface area is 147 Å². The highest BCUT2D eigenvalue weighted by molar-refractivity contribution is 5.88. The Kier molecular flexibility index (Phi) is 6.65. The number of cyclic esters (lactones) is 1. The van der Waals surface area contributed by atoms with E-state index in [4.69, 9.17) is 4.74 Å². The van der Waals surface area contributed by atoms with Crippen molar-refractivity contribution in [3.63, 3.8) is 0 Å². The second kappa shape index (κ2) is 8.72. The fourth-order valence-corrected chi connectivity index (χ4v) is 2.86. The van der Waals surface area contributed by atoms with Crippen LogP contribution in [-0.4, -0.2) is 28.7 Å². The SMILES string of the molecule is CC(=O)C[C@H](O)CC(=O)[C@@H]1OC(=O)[C@H](C)C/C=C\Cc2ccccc21. The van der Waals surface area contributed by atoms with Crippen molar-refractivity contribution in [1.82, 2.24) is 0 Å². The van der Waals surface area contributed by atoms with E-state index in [9.17, 15) is 19.5 Å². The van der Waals surface area contributed by atoms with Gasteiger partial charge in [0.05, 0.1) is 12.0 Å². The predicted molar refractivity (Wildman–Crippen MR) is 92.8 cm³/mol. The molecule has 0 spiro atoms. The van der Waals surface area contributed by atoms with E-state index in [0.717, 1.165) is 5.56 Å². The van der Waals surface area contributed by atoms with Crippen LogP contribution in [0.3, 0.4) is 0 Å². The predicted octanol–water partition coefficient (Wildman–Crippen LogP) is 2.71. The quantitative estimate of drug-likeness (QED) is 0.656. The van der Waals surface area contributed by atoms with Gasteiger partial charge >= 0.3 is 5.97 Å². The van der Waals surface area contributed by atoms with Gasteiger partial charge in [-0.15, -0.1) is 0 Å². The smallest absolute Gasteiger partial charge is 0.310 e. The van der Waals surface area contributed by atoms with Crippen molar-refractivity contribution in [2.45, 2.75) is 51.7 Å². The van der Waals surface area contributed by atoms with Gasteiger partial charge in [0.1, 0.15) is 5.78 Å². The van der Waals surface area contributed by atoms with Gasteiger partial charge in [-0.1, -0.05) is 43.3 Å². The Bertz CT molecular complexity index is 676. The van der Waals surface area contributed by atoms with Crippen molar-refractivity contribution in [3.05, 3.63) is 47.5 Å². The molecule has 0 amide bonds. The van der Waals surface area contributed by atoms with Crippen LogP contribution in [0.5, 0.6) is 0 Å². The van der Waals surface area contributed by atoms with E-state index in [-0.39, 0.29) is 24.5 Å². The first-order valence-electron chi connectivity index (χ1n) is 8.52. The van der Waals surface area contributed by atoms with Crippen LogP contribution in [0.15, 0.2) is 36.4 Å². The minimum atomic E-state index is -1.07. The zero-order valence-electron chi connectivity index (χ0n) is 14.6. The average molecular weight is 344 g/mol. The zero-order valence-corrected chi connectivity index (χ0v) is 14.6. The maximum Gasteiger partial charge on any atom is 0.310 e. The Hall–Kier alpha value is -2.27. The number of esters is 1. The Morgan fingerprint density at radius 3 is 2.68 bits per heavy atom. The highest BCUT2D eigenvalue weighted by atomic mass is 16.5. The highest BCUT2D eigenvalue weighted by Gasteiger charge is 2.30. The molecule has 0 aliphatic carbocycles. The summed E-state index contributed by atoms with van der Waals surface area (Å²) in [4.78, 5) is 36.1. The molecule has 0 radical (unpaired) electrons. The maximum atomic E-state index is 12.7. The summed E-state index contributed by atoms with van der Waals surface area (Å²) in [6.45, 7) is 3.12. The third-order valence-corrected chi connectivity index (χ3v) is 4.22. The van der Waals surface area contributed by atoms with Crippen LogP contribution >= 0.6 is 0 Å². The molecule has 0 fully saturated rings. The summed E-state index contributed by atoms with van der Waals surface area (Å²) in [6, 6.07) is 7.32. The summed E-state index contributed by atoms with van der Waals surface area (Å²) in [6.07, 6.45) is 2.68. The minimum absolute atomic E-state index is 0.0901. The Balaban J connectivity index is 2.31. The molecule has 5 heteroatoms. The lowest BCUT2D eigenvalue weighted by Crippen LogP contribution is -2.27. The number of carbonyl (C=O) groups is 3. The molecule has 0 unspecified atom stereocenters. The van der Waals surface area contributed by atoms with E-state index in [1.165, 1.54) is 6.92 Å². The molecular formula is C20H24O5. The largest absolute Gasteiger partial charge is 0.449 e. The summed E-state index contributed by atoms with van der Waals surface area (Å²) >= 11 is 0. The van der Waals surface area contributed by atoms with Crippen molar-refractivity contribution in [3.8, 4) is 0 Å². The second-order valence-corrected chi connectivity index (χ2v) is 6.56. The molecule has 3 atom stereocenters. The van der Waals surface area contributed by atoms with Gasteiger partial charge in [-0.2, -0.15) is 0 Å². The van der Waals surface area contributed by atoms with Crippen LogP contribution in [0.1, 0.15) is 50.3 Å². The Morgan fingerprint density at radius 1 is 1.24 bits per heavy atom. The molecule has 0 saturated heterocycles. The number of hydrogen-bond donors (Lipinski definition) is 1. The third kappa shape index (κ3) is 5.36. The van der Waals surface area contributed by atoms with Crippen LogP contribution in [0.4, 0.5) is 0 Å². The Morgan fingerprint density at radius 2 is 1.96 bits per heavy atom. The van der Waals surface area contributed by atoms with Gasteiger partial charge in [-0.05, 0) is 25.3 Å². The number of aliphatic hydroxyl groups is 1. The lowest BCUT2D eigenvalue weighted by atomic mass is 9.93. The number of fused-ring (bicyclic) bond motifs is 1. The van der Waals surface area contributed by atoms with Crippen molar-refractivity contribution < 1.29 is 24.2 Å². The molecule has 0 aromatic heterocycles. The number of ether oxygens (including phenoxy) is 1. The van der Waals surface area contributed by atoms with Gasteiger partial charge in [-0.3, -0.25) is 14.4 Å². The molecule has 1 aliphatic heterocycles. The summed E-state index contributed by atoms with van der Waals surface area (Å²) in [7, 11) is 0. The van der Waals surface area contributed by atoms with Gasteiger partial charge in [0.25, 0.3) is 0 Å². The summed E-state index contributed by atoms with van der Waals surface area (Å²) in [5.74, 6) is -1.38. The van der Waals surface area contributed by atoms with Gasteiger partial charge in [0, 0.05) is 18.4 Å². The first-order chi connectivity index (χ1) is 11.9. The van der Waals surface area contributed by atoms with E-state index in [1.54, 1.807) is 19.1 Å². The van der Waals surface area contributed by atoms with Crippen LogP contribution < -0.4 is 0 Å². The number of hydrogen-bond acceptors (Lipinski definition) is 5. The van der Waals surface area contributed by atoms with E-state index in [1.807, 2.05) is 24.3 Å². The molecular weight excluding hydrogens is 320 g/mol. The molecule has 2 rings (SSSR count). The molecule has 1 aromatic rings. The molecule has 5 nitrogen and oxygen atoms in total. The molecule has 1 aromatic carbocycles. The number of carbonyl (C=O) groups excluding carboxylic acids is 3. The van der Waals surface area contributed by atoms with Crippen molar-refractivity contribution in [2.24, 2.45) is 5.92 Å². The third-order valence-electron chi connectivity index (χ3n) is 4.22. The molecule has 1 N–H and O–H groups in total. The molecule has 25 heavy (non-hydrogen) atoms. The van der Waals surface area contributed by atoms with Crippen LogP contribution in [-0.2, 0) is 25.5 Å². The van der Waals surface area contributed by atoms with Crippen LogP contribution in [0.25, 0.3) is 0 Å². The number of Topliss-reactive ketones (excluding diaryl/α,β-unsaturated/α-hetero) is 2. The monoisotopic (exact) mass is 344 g/mol. The van der Waals surface area contributed by atoms with Gasteiger partial charge in [-0.25, -0.2) is 0 Å². The van der Waals surface area contributed by atoms with E-state index in [0.29, 0.717) is 18.4 Å². The number of benzene rings is 1. The summed E-state index contributed by atoms with van der Waals surface area (Å²) in [5, 5.41) is 9.92. The van der Waals surface area contributed by atoms with E-state index in [2.05, 4.69) is 0 Å². The zero-order chi connectivity index (χ0) is 18.4. The van der Waals surface area contributed by atoms with E-state index < -0.39 is 24.0 Å². The van der Waals surface area contributed by atoms with Crippen molar-refractivity contribution in [1.29, 1.82) is 0 Å². The number of rotatable bonds is 5. The van der Waals surface area contributed by atoms with Crippen molar-refractivity contribution in [2.75, 3.05) is 0 Å². The first kappa shape index (κ1) is 19.1. The minimum Gasteiger partial charge on any atom is -0.449 e. The topological polar surface area (TPSA) is 80.7 Å². The van der Waals surface area contributed by atoms with Crippen LogP contribution in [0.2, 0.25) is 0 Å². The van der Waals surface area contributed by atoms with Crippen LogP contribution in [0, 0.1) is 5.92 Å². The maximum absolute atomic E-state index is 12.7. The van der Waals surface area contributed by atoms with E-state index >= 15 is 0 Å². The fourth-order valence-electron chi connectivity index (χ4n) is 2.86. The first-order valence-corrected chi connectivity index (χ1v) is 8.52. The molecule has 1 aliphatic rings. The number of ketones is 2. The van der Waals surface area contributed by atoms with Crippen molar-refractivity contribution >= 4 is 17.5 Å². The second-order valence-electron chi connectivity index (χ2n) is 6.56. The van der Waals surface area contributed by atoms with Gasteiger partial charge in [0.15, 0.2) is 11.9 Å². The summed E-state index contributed by atoms with van der Waals surface area (Å²) < 4.78 is 5.51.